The van der Waals surface area contributed by atoms with Crippen molar-refractivity contribution in [2.45, 2.75) is 57.6 Å². The molecule has 0 radical (unpaired) electrons. The number of likely N-dealkylation sites (tertiary alicyclic amines) is 1. The minimum absolute atomic E-state index is 0.181. The van der Waals surface area contributed by atoms with Crippen LogP contribution >= 0.6 is 0 Å². The molecule has 112 valence electrons. The Bertz CT molecular complexity index is 260. The van der Waals surface area contributed by atoms with E-state index in [1.165, 1.54) is 12.8 Å². The van der Waals surface area contributed by atoms with Gasteiger partial charge in [-0.15, -0.1) is 0 Å². The zero-order chi connectivity index (χ0) is 14.1. The lowest BCUT2D eigenvalue weighted by molar-refractivity contribution is -0.149. The van der Waals surface area contributed by atoms with Crippen LogP contribution < -0.4 is 0 Å². The minimum atomic E-state index is -0.780. The molecule has 0 bridgehead atoms. The summed E-state index contributed by atoms with van der Waals surface area (Å²) in [6.07, 6.45) is 5.31. The van der Waals surface area contributed by atoms with E-state index < -0.39 is 6.10 Å². The van der Waals surface area contributed by atoms with E-state index in [0.717, 1.165) is 32.2 Å². The lowest BCUT2D eigenvalue weighted by atomic mass is 10.2. The van der Waals surface area contributed by atoms with Gasteiger partial charge in [0.05, 0.1) is 19.3 Å². The number of esters is 1. The Morgan fingerprint density at radius 1 is 1.42 bits per heavy atom. The lowest BCUT2D eigenvalue weighted by Crippen LogP contribution is -2.42. The highest BCUT2D eigenvalue weighted by Gasteiger charge is 2.32. The Morgan fingerprint density at radius 3 is 2.89 bits per heavy atom. The number of nitrogens with zero attached hydrogens (tertiary/aromatic N) is 1. The summed E-state index contributed by atoms with van der Waals surface area (Å²) in [6, 6.07) is -0.243. The van der Waals surface area contributed by atoms with Gasteiger partial charge in [-0.1, -0.05) is 26.2 Å². The van der Waals surface area contributed by atoms with Crippen LogP contribution in [0.25, 0.3) is 0 Å². The largest absolute Gasteiger partial charge is 0.465 e. The number of unbranched alkanes of at least 4 members (excludes halogenated alkanes) is 3. The topological polar surface area (TPSA) is 70.0 Å². The maximum absolute atomic E-state index is 12.0. The summed E-state index contributed by atoms with van der Waals surface area (Å²) in [7, 11) is 0. The predicted molar refractivity (Wildman–Crippen MR) is 72.8 cm³/mol. The first-order valence-corrected chi connectivity index (χ1v) is 7.38. The second-order valence-corrected chi connectivity index (χ2v) is 5.22. The van der Waals surface area contributed by atoms with Gasteiger partial charge in [0.25, 0.3) is 0 Å². The zero-order valence-corrected chi connectivity index (χ0v) is 11.9. The van der Waals surface area contributed by atoms with E-state index in [1.807, 2.05) is 4.90 Å². The van der Waals surface area contributed by atoms with Crippen LogP contribution in [0.15, 0.2) is 0 Å². The first-order chi connectivity index (χ1) is 9.19. The standard InChI is InChI=1S/C14H27NO4/c1-2-3-4-5-9-19-14(18)13-7-6-8-15(13)10-12(17)11-16/h12-13,16-17H,2-11H2,1H3/t12?,13-/m0/s1. The molecule has 0 aromatic heterocycles. The molecule has 0 amide bonds. The molecule has 1 saturated heterocycles. The quantitative estimate of drug-likeness (QED) is 0.483. The molecule has 0 aromatic carbocycles. The smallest absolute Gasteiger partial charge is 0.323 e. The highest BCUT2D eigenvalue weighted by molar-refractivity contribution is 5.76. The zero-order valence-electron chi connectivity index (χ0n) is 11.9. The van der Waals surface area contributed by atoms with Gasteiger partial charge in [-0.2, -0.15) is 0 Å². The molecule has 5 nitrogen and oxygen atoms in total. The summed E-state index contributed by atoms with van der Waals surface area (Å²) in [4.78, 5) is 13.9. The van der Waals surface area contributed by atoms with Crippen molar-refractivity contribution in [2.24, 2.45) is 0 Å². The van der Waals surface area contributed by atoms with Crippen molar-refractivity contribution in [1.82, 2.24) is 4.90 Å². The molecule has 19 heavy (non-hydrogen) atoms. The molecule has 1 heterocycles. The third-order valence-corrected chi connectivity index (χ3v) is 3.53. The summed E-state index contributed by atoms with van der Waals surface area (Å²) in [6.45, 7) is 3.49. The van der Waals surface area contributed by atoms with Crippen molar-refractivity contribution >= 4 is 5.97 Å². The van der Waals surface area contributed by atoms with Crippen LogP contribution in [0.5, 0.6) is 0 Å². The van der Waals surface area contributed by atoms with Gasteiger partial charge in [-0.25, -0.2) is 0 Å². The summed E-state index contributed by atoms with van der Waals surface area (Å²) in [5.74, 6) is -0.181. The minimum Gasteiger partial charge on any atom is -0.465 e. The molecule has 1 rings (SSSR count). The Kier molecular flexibility index (Phi) is 8.02. The van der Waals surface area contributed by atoms with E-state index in [0.29, 0.717) is 13.2 Å². The van der Waals surface area contributed by atoms with Gasteiger partial charge < -0.3 is 14.9 Å². The number of hydrogen-bond donors (Lipinski definition) is 2. The van der Waals surface area contributed by atoms with Crippen molar-refractivity contribution in [1.29, 1.82) is 0 Å². The molecule has 0 spiro atoms. The van der Waals surface area contributed by atoms with E-state index in [1.54, 1.807) is 0 Å². The maximum Gasteiger partial charge on any atom is 0.323 e. The van der Waals surface area contributed by atoms with Gasteiger partial charge in [0, 0.05) is 6.54 Å². The van der Waals surface area contributed by atoms with Crippen molar-refractivity contribution in [3.8, 4) is 0 Å². The van der Waals surface area contributed by atoms with Gasteiger partial charge in [0.2, 0.25) is 0 Å². The van der Waals surface area contributed by atoms with Gasteiger partial charge in [0.1, 0.15) is 6.04 Å². The Labute approximate surface area is 115 Å². The van der Waals surface area contributed by atoms with Gasteiger partial charge in [-0.3, -0.25) is 9.69 Å². The number of carbonyl (C=O) groups excluding carboxylic acids is 1. The van der Waals surface area contributed by atoms with Crippen LogP contribution in [-0.4, -0.2) is 59.5 Å². The first-order valence-electron chi connectivity index (χ1n) is 7.38. The molecule has 0 saturated carbocycles. The van der Waals surface area contributed by atoms with E-state index in [4.69, 9.17) is 9.84 Å². The van der Waals surface area contributed by atoms with Crippen LogP contribution in [0.1, 0.15) is 45.4 Å². The molecule has 0 aromatic rings. The molecule has 1 aliphatic rings. The molecule has 2 atom stereocenters. The maximum atomic E-state index is 12.0. The normalized spacial score (nSPS) is 21.5. The SMILES string of the molecule is CCCCCCOC(=O)[C@@H]1CCCN1CC(O)CO. The van der Waals surface area contributed by atoms with Crippen LogP contribution in [-0.2, 0) is 9.53 Å². The third kappa shape index (κ3) is 5.89. The van der Waals surface area contributed by atoms with Crippen LogP contribution in [0, 0.1) is 0 Å². The van der Waals surface area contributed by atoms with Crippen molar-refractivity contribution in [3.63, 3.8) is 0 Å². The van der Waals surface area contributed by atoms with E-state index >= 15 is 0 Å². The monoisotopic (exact) mass is 273 g/mol. The second-order valence-electron chi connectivity index (χ2n) is 5.22. The number of hydrogen-bond acceptors (Lipinski definition) is 5. The summed E-state index contributed by atoms with van der Waals surface area (Å²) >= 11 is 0. The summed E-state index contributed by atoms with van der Waals surface area (Å²) in [5.41, 5.74) is 0. The predicted octanol–water partition coefficient (Wildman–Crippen LogP) is 0.927. The van der Waals surface area contributed by atoms with Gasteiger partial charge >= 0.3 is 5.97 Å². The molecule has 5 heteroatoms. The highest BCUT2D eigenvalue weighted by atomic mass is 16.5. The fraction of sp³-hybridized carbons (Fsp3) is 0.929. The number of β-amino-alcohol motifs (C(OH)–C–C–N with tert-alkyl or cyclic N) is 1. The number of ether oxygens (including phenoxy) is 1. The molecular weight excluding hydrogens is 246 g/mol. The van der Waals surface area contributed by atoms with E-state index in [2.05, 4.69) is 6.92 Å². The van der Waals surface area contributed by atoms with E-state index in [9.17, 15) is 9.90 Å². The van der Waals surface area contributed by atoms with Crippen molar-refractivity contribution < 1.29 is 19.7 Å². The number of rotatable bonds is 9. The van der Waals surface area contributed by atoms with Crippen molar-refractivity contribution in [2.75, 3.05) is 26.3 Å². The fourth-order valence-corrected chi connectivity index (χ4v) is 2.44. The number of aliphatic hydroxyl groups is 2. The number of carbonyl (C=O) groups is 1. The van der Waals surface area contributed by atoms with Crippen LogP contribution in [0.2, 0.25) is 0 Å². The second kappa shape index (κ2) is 9.28. The molecule has 1 aliphatic heterocycles. The summed E-state index contributed by atoms with van der Waals surface area (Å²) < 4.78 is 5.29. The van der Waals surface area contributed by atoms with Gasteiger partial charge in [0.15, 0.2) is 0 Å². The fourth-order valence-electron chi connectivity index (χ4n) is 2.44. The Hall–Kier alpha value is -0.650. The average Bonchev–Trinajstić information content (AvgIpc) is 2.86. The molecule has 1 fully saturated rings. The highest BCUT2D eigenvalue weighted by Crippen LogP contribution is 2.18. The molecular formula is C14H27NO4. The van der Waals surface area contributed by atoms with Gasteiger partial charge in [-0.05, 0) is 25.8 Å². The third-order valence-electron chi connectivity index (χ3n) is 3.53. The summed E-state index contributed by atoms with van der Waals surface area (Å²) in [5, 5.41) is 18.3. The lowest BCUT2D eigenvalue weighted by Gasteiger charge is -2.24. The van der Waals surface area contributed by atoms with Crippen LogP contribution in [0.4, 0.5) is 0 Å². The number of aliphatic hydroxyl groups excluding tert-OH is 2. The van der Waals surface area contributed by atoms with Crippen molar-refractivity contribution in [3.05, 3.63) is 0 Å². The van der Waals surface area contributed by atoms with E-state index in [-0.39, 0.29) is 18.6 Å². The Morgan fingerprint density at radius 2 is 2.21 bits per heavy atom. The Balaban J connectivity index is 2.26. The molecule has 2 N–H and O–H groups in total. The average molecular weight is 273 g/mol. The van der Waals surface area contributed by atoms with Crippen LogP contribution in [0.3, 0.4) is 0 Å². The first kappa shape index (κ1) is 16.4. The molecule has 0 aliphatic carbocycles. The molecule has 1 unspecified atom stereocenters.